The summed E-state index contributed by atoms with van der Waals surface area (Å²) in [6, 6.07) is 17.3. The van der Waals surface area contributed by atoms with Crippen LogP contribution in [0.2, 0.25) is 0 Å². The molecule has 7 heteroatoms. The van der Waals surface area contributed by atoms with Gasteiger partial charge in [-0.3, -0.25) is 4.79 Å². The summed E-state index contributed by atoms with van der Waals surface area (Å²) in [6.45, 7) is 3.97. The minimum absolute atomic E-state index is 0.0355. The maximum absolute atomic E-state index is 13.9. The number of aryl methyl sites for hydroxylation is 2. The molecule has 30 heavy (non-hydrogen) atoms. The van der Waals surface area contributed by atoms with Crippen LogP contribution in [0.3, 0.4) is 0 Å². The van der Waals surface area contributed by atoms with Crippen molar-refractivity contribution >= 4 is 11.6 Å². The van der Waals surface area contributed by atoms with Crippen molar-refractivity contribution in [2.24, 2.45) is 0 Å². The molecule has 4 rings (SSSR count). The zero-order chi connectivity index (χ0) is 21.3. The Morgan fingerprint density at radius 2 is 1.67 bits per heavy atom. The van der Waals surface area contributed by atoms with Crippen molar-refractivity contribution in [1.29, 1.82) is 0 Å². The third-order valence-corrected chi connectivity index (χ3v) is 4.77. The van der Waals surface area contributed by atoms with Crippen molar-refractivity contribution in [2.75, 3.05) is 5.32 Å². The second-order valence-electron chi connectivity index (χ2n) is 6.88. The molecule has 4 aromatic rings. The number of anilines is 1. The largest absolute Gasteiger partial charge is 0.317 e. The molecule has 0 spiro atoms. The SMILES string of the molecule is Cc1ccc(-n2nc(C(=O)Nc3ccccc3F)nc2-c2ccc(F)cc2)cc1C. The molecule has 5 nitrogen and oxygen atoms in total. The number of halogens is 2. The summed E-state index contributed by atoms with van der Waals surface area (Å²) in [5.74, 6) is -1.34. The molecule has 1 heterocycles. The van der Waals surface area contributed by atoms with Crippen molar-refractivity contribution in [1.82, 2.24) is 14.8 Å². The van der Waals surface area contributed by atoms with Crippen molar-refractivity contribution < 1.29 is 13.6 Å². The highest BCUT2D eigenvalue weighted by Gasteiger charge is 2.20. The van der Waals surface area contributed by atoms with E-state index in [4.69, 9.17) is 0 Å². The fraction of sp³-hybridized carbons (Fsp3) is 0.0870. The molecule has 150 valence electrons. The predicted molar refractivity (Wildman–Crippen MR) is 111 cm³/mol. The Labute approximate surface area is 172 Å². The highest BCUT2D eigenvalue weighted by atomic mass is 19.1. The van der Waals surface area contributed by atoms with E-state index in [-0.39, 0.29) is 17.3 Å². The van der Waals surface area contributed by atoms with Crippen molar-refractivity contribution in [3.63, 3.8) is 0 Å². The lowest BCUT2D eigenvalue weighted by Crippen LogP contribution is -2.15. The molecule has 0 saturated carbocycles. The van der Waals surface area contributed by atoms with Gasteiger partial charge in [0.25, 0.3) is 5.91 Å². The number of carbonyl (C=O) groups is 1. The molecule has 0 unspecified atom stereocenters. The molecule has 1 N–H and O–H groups in total. The third kappa shape index (κ3) is 3.82. The minimum atomic E-state index is -0.647. The lowest BCUT2D eigenvalue weighted by Gasteiger charge is -2.08. The zero-order valence-corrected chi connectivity index (χ0v) is 16.4. The molecule has 0 atom stereocenters. The molecule has 0 aliphatic heterocycles. The number of nitrogens with zero attached hydrogens (tertiary/aromatic N) is 3. The first-order valence-corrected chi connectivity index (χ1v) is 9.29. The Morgan fingerprint density at radius 3 is 2.37 bits per heavy atom. The lowest BCUT2D eigenvalue weighted by atomic mass is 10.1. The van der Waals surface area contributed by atoms with E-state index >= 15 is 0 Å². The monoisotopic (exact) mass is 404 g/mol. The summed E-state index contributed by atoms with van der Waals surface area (Å²) in [7, 11) is 0. The Kier molecular flexibility index (Phi) is 5.10. The van der Waals surface area contributed by atoms with Crippen LogP contribution in [0, 0.1) is 25.5 Å². The molecule has 0 aliphatic rings. The van der Waals surface area contributed by atoms with Gasteiger partial charge >= 0.3 is 0 Å². The average Bonchev–Trinajstić information content (AvgIpc) is 3.18. The molecule has 1 amide bonds. The van der Waals surface area contributed by atoms with Gasteiger partial charge in [-0.05, 0) is 73.5 Å². The maximum atomic E-state index is 13.9. The van der Waals surface area contributed by atoms with Gasteiger partial charge in [0.1, 0.15) is 11.6 Å². The fourth-order valence-electron chi connectivity index (χ4n) is 2.97. The molecule has 0 radical (unpaired) electrons. The Balaban J connectivity index is 1.79. The first-order valence-electron chi connectivity index (χ1n) is 9.29. The number of hydrogen-bond acceptors (Lipinski definition) is 3. The van der Waals surface area contributed by atoms with Gasteiger partial charge in [-0.25, -0.2) is 18.4 Å². The molecule has 0 saturated heterocycles. The fourth-order valence-corrected chi connectivity index (χ4v) is 2.97. The van der Waals surface area contributed by atoms with Crippen molar-refractivity contribution in [3.8, 4) is 17.1 Å². The Hall–Kier alpha value is -3.87. The van der Waals surface area contributed by atoms with Gasteiger partial charge in [-0.1, -0.05) is 18.2 Å². The number of rotatable bonds is 4. The summed E-state index contributed by atoms with van der Waals surface area (Å²) < 4.78 is 28.8. The molecule has 0 bridgehead atoms. The number of amides is 1. The summed E-state index contributed by atoms with van der Waals surface area (Å²) >= 11 is 0. The van der Waals surface area contributed by atoms with E-state index in [1.807, 2.05) is 32.0 Å². The smallest absolute Gasteiger partial charge is 0.295 e. The topological polar surface area (TPSA) is 59.8 Å². The summed E-state index contributed by atoms with van der Waals surface area (Å²) in [6.07, 6.45) is 0. The second kappa shape index (κ2) is 7.87. The van der Waals surface area contributed by atoms with Gasteiger partial charge < -0.3 is 5.32 Å². The van der Waals surface area contributed by atoms with Gasteiger partial charge in [0, 0.05) is 5.56 Å². The van der Waals surface area contributed by atoms with E-state index < -0.39 is 11.7 Å². The molecular formula is C23H18F2N4O. The van der Waals surface area contributed by atoms with Crippen LogP contribution in [0.15, 0.2) is 66.7 Å². The predicted octanol–water partition coefficient (Wildman–Crippen LogP) is 5.08. The number of aromatic nitrogens is 3. The van der Waals surface area contributed by atoms with Crippen LogP contribution < -0.4 is 5.32 Å². The van der Waals surface area contributed by atoms with E-state index in [1.165, 1.54) is 35.0 Å². The van der Waals surface area contributed by atoms with Gasteiger partial charge in [0.2, 0.25) is 5.82 Å². The van der Waals surface area contributed by atoms with Crippen molar-refractivity contribution in [2.45, 2.75) is 13.8 Å². The molecule has 0 aliphatic carbocycles. The normalized spacial score (nSPS) is 10.8. The van der Waals surface area contributed by atoms with Gasteiger partial charge in [0.15, 0.2) is 5.82 Å². The van der Waals surface area contributed by atoms with Crippen LogP contribution in [0.5, 0.6) is 0 Å². The quantitative estimate of drug-likeness (QED) is 0.516. The number of nitrogens with one attached hydrogen (secondary N) is 1. The number of benzene rings is 3. The third-order valence-electron chi connectivity index (χ3n) is 4.77. The molecule has 1 aromatic heterocycles. The van der Waals surface area contributed by atoms with Crippen LogP contribution in [-0.4, -0.2) is 20.7 Å². The van der Waals surface area contributed by atoms with Crippen LogP contribution in [-0.2, 0) is 0 Å². The van der Waals surface area contributed by atoms with E-state index in [9.17, 15) is 13.6 Å². The number of carbonyl (C=O) groups excluding carboxylic acids is 1. The van der Waals surface area contributed by atoms with Crippen LogP contribution >= 0.6 is 0 Å². The summed E-state index contributed by atoms with van der Waals surface area (Å²) in [4.78, 5) is 17.1. The Bertz CT molecular complexity index is 1230. The van der Waals surface area contributed by atoms with Gasteiger partial charge in [0.05, 0.1) is 11.4 Å². The zero-order valence-electron chi connectivity index (χ0n) is 16.4. The van der Waals surface area contributed by atoms with Crippen LogP contribution in [0.25, 0.3) is 17.1 Å². The van der Waals surface area contributed by atoms with E-state index in [0.717, 1.165) is 11.1 Å². The first kappa shape index (κ1) is 19.4. The molecule has 0 fully saturated rings. The highest BCUT2D eigenvalue weighted by Crippen LogP contribution is 2.24. The van der Waals surface area contributed by atoms with Crippen LogP contribution in [0.4, 0.5) is 14.5 Å². The second-order valence-corrected chi connectivity index (χ2v) is 6.88. The van der Waals surface area contributed by atoms with Crippen LogP contribution in [0.1, 0.15) is 21.7 Å². The molecular weight excluding hydrogens is 386 g/mol. The Morgan fingerprint density at radius 1 is 0.933 bits per heavy atom. The summed E-state index contributed by atoms with van der Waals surface area (Å²) in [5.41, 5.74) is 3.49. The molecule has 3 aromatic carbocycles. The van der Waals surface area contributed by atoms with E-state index in [0.29, 0.717) is 17.1 Å². The van der Waals surface area contributed by atoms with E-state index in [1.54, 1.807) is 18.2 Å². The lowest BCUT2D eigenvalue weighted by molar-refractivity contribution is 0.101. The average molecular weight is 404 g/mol. The first-order chi connectivity index (χ1) is 14.4. The maximum Gasteiger partial charge on any atom is 0.295 e. The minimum Gasteiger partial charge on any atom is -0.317 e. The highest BCUT2D eigenvalue weighted by molar-refractivity contribution is 6.01. The van der Waals surface area contributed by atoms with Gasteiger partial charge in [-0.15, -0.1) is 5.10 Å². The standard InChI is InChI=1S/C23H18F2N4O/c1-14-7-12-18(13-15(14)2)29-22(16-8-10-17(24)11-9-16)27-21(28-29)23(30)26-20-6-4-3-5-19(20)25/h3-13H,1-2H3,(H,26,30). The van der Waals surface area contributed by atoms with E-state index in [2.05, 4.69) is 15.4 Å². The van der Waals surface area contributed by atoms with Crippen molar-refractivity contribution in [3.05, 3.63) is 95.3 Å². The summed E-state index contributed by atoms with van der Waals surface area (Å²) in [5, 5.41) is 6.84. The van der Waals surface area contributed by atoms with Gasteiger partial charge in [-0.2, -0.15) is 0 Å². The number of hydrogen-bond donors (Lipinski definition) is 1. The number of para-hydroxylation sites is 1.